The van der Waals surface area contributed by atoms with Gasteiger partial charge in [-0.05, 0) is 40.9 Å². The molecule has 1 fully saturated rings. The van der Waals surface area contributed by atoms with Crippen LogP contribution in [-0.2, 0) is 9.59 Å². The van der Waals surface area contributed by atoms with Crippen LogP contribution in [0.2, 0.25) is 0 Å². The fourth-order valence-corrected chi connectivity index (χ4v) is 3.01. The summed E-state index contributed by atoms with van der Waals surface area (Å²) < 4.78 is 0.682. The van der Waals surface area contributed by atoms with Crippen molar-refractivity contribution in [2.75, 3.05) is 5.32 Å². The molecule has 0 aliphatic heterocycles. The predicted molar refractivity (Wildman–Crippen MR) is 78.3 cm³/mol. The fourth-order valence-electron chi connectivity index (χ4n) is 2.66. The van der Waals surface area contributed by atoms with E-state index in [4.69, 9.17) is 0 Å². The van der Waals surface area contributed by atoms with Crippen LogP contribution in [0.25, 0.3) is 0 Å². The van der Waals surface area contributed by atoms with Gasteiger partial charge in [0, 0.05) is 12.6 Å². The van der Waals surface area contributed by atoms with Gasteiger partial charge in [0.2, 0.25) is 5.91 Å². The first-order valence-electron chi connectivity index (χ1n) is 6.67. The summed E-state index contributed by atoms with van der Waals surface area (Å²) >= 11 is 3.30. The van der Waals surface area contributed by atoms with E-state index in [9.17, 15) is 14.7 Å². The van der Waals surface area contributed by atoms with E-state index >= 15 is 0 Å². The van der Waals surface area contributed by atoms with Gasteiger partial charge in [0.1, 0.15) is 5.82 Å². The molecule has 0 bridgehead atoms. The smallest absolute Gasteiger partial charge is 0.310 e. The zero-order valence-electron chi connectivity index (χ0n) is 11.1. The maximum Gasteiger partial charge on any atom is 0.310 e. The molecule has 0 aromatic carbocycles. The third-order valence-corrected chi connectivity index (χ3v) is 4.42. The van der Waals surface area contributed by atoms with Gasteiger partial charge >= 0.3 is 5.97 Å². The monoisotopic (exact) mass is 340 g/mol. The van der Waals surface area contributed by atoms with E-state index in [1.807, 2.05) is 0 Å². The Bertz CT molecular complexity index is 513. The maximum atomic E-state index is 12.1. The number of anilines is 1. The number of amides is 1. The molecule has 2 rings (SSSR count). The van der Waals surface area contributed by atoms with Crippen LogP contribution in [-0.4, -0.2) is 22.0 Å². The Labute approximate surface area is 125 Å². The van der Waals surface area contributed by atoms with E-state index in [0.29, 0.717) is 23.1 Å². The quantitative estimate of drug-likeness (QED) is 0.881. The molecule has 1 aromatic rings. The molecule has 0 radical (unpaired) electrons. The molecule has 6 heteroatoms. The molecule has 5 nitrogen and oxygen atoms in total. The van der Waals surface area contributed by atoms with Crippen LogP contribution in [0.4, 0.5) is 5.82 Å². The Balaban J connectivity index is 2.06. The molecule has 20 heavy (non-hydrogen) atoms. The highest BCUT2D eigenvalue weighted by Gasteiger charge is 2.41. The van der Waals surface area contributed by atoms with Crippen molar-refractivity contribution >= 4 is 33.6 Å². The first-order valence-corrected chi connectivity index (χ1v) is 7.47. The number of hydrogen-bond acceptors (Lipinski definition) is 3. The number of nitrogens with zero attached hydrogens (tertiary/aromatic N) is 1. The molecule has 0 spiro atoms. The fraction of sp³-hybridized carbons (Fsp3) is 0.500. The molecule has 1 aliphatic carbocycles. The molecular weight excluding hydrogens is 324 g/mol. The second kappa shape index (κ2) is 6.35. The van der Waals surface area contributed by atoms with Gasteiger partial charge in [0.15, 0.2) is 0 Å². The Morgan fingerprint density at radius 1 is 1.35 bits per heavy atom. The molecule has 1 heterocycles. The van der Waals surface area contributed by atoms with Crippen LogP contribution < -0.4 is 5.32 Å². The number of carbonyl (C=O) groups excluding carboxylic acids is 1. The second-order valence-electron chi connectivity index (χ2n) is 5.20. The predicted octanol–water partition coefficient (Wildman–Crippen LogP) is 3.21. The van der Waals surface area contributed by atoms with Gasteiger partial charge in [-0.3, -0.25) is 9.59 Å². The largest absolute Gasteiger partial charge is 0.481 e. The molecule has 1 amide bonds. The summed E-state index contributed by atoms with van der Waals surface area (Å²) in [4.78, 5) is 27.7. The summed E-state index contributed by atoms with van der Waals surface area (Å²) in [6.07, 6.45) is 5.50. The molecule has 1 aromatic heterocycles. The molecule has 0 atom stereocenters. The zero-order chi connectivity index (χ0) is 14.6. The van der Waals surface area contributed by atoms with Crippen LogP contribution in [0.3, 0.4) is 0 Å². The van der Waals surface area contributed by atoms with Crippen molar-refractivity contribution in [2.24, 2.45) is 5.41 Å². The minimum atomic E-state index is -0.913. The molecule has 0 unspecified atom stereocenters. The summed E-state index contributed by atoms with van der Waals surface area (Å²) in [6.45, 7) is 0. The Morgan fingerprint density at radius 2 is 2.05 bits per heavy atom. The molecule has 1 aliphatic rings. The number of aromatic nitrogens is 1. The number of aliphatic carboxylic acids is 1. The van der Waals surface area contributed by atoms with Crippen molar-refractivity contribution in [1.29, 1.82) is 0 Å². The van der Waals surface area contributed by atoms with Gasteiger partial charge in [0.25, 0.3) is 0 Å². The Morgan fingerprint density at radius 3 is 2.65 bits per heavy atom. The Hall–Kier alpha value is -1.43. The minimum Gasteiger partial charge on any atom is -0.481 e. The number of pyridine rings is 1. The van der Waals surface area contributed by atoms with Crippen LogP contribution in [0.5, 0.6) is 0 Å². The van der Waals surface area contributed by atoms with Crippen molar-refractivity contribution in [2.45, 2.75) is 38.5 Å². The summed E-state index contributed by atoms with van der Waals surface area (Å²) in [6, 6.07) is 3.52. The van der Waals surface area contributed by atoms with Crippen LogP contribution in [0, 0.1) is 5.41 Å². The lowest BCUT2D eigenvalue weighted by molar-refractivity contribution is -0.153. The summed E-state index contributed by atoms with van der Waals surface area (Å²) in [7, 11) is 0. The highest BCUT2D eigenvalue weighted by atomic mass is 79.9. The minimum absolute atomic E-state index is 0.00531. The van der Waals surface area contributed by atoms with E-state index in [0.717, 1.165) is 19.3 Å². The lowest BCUT2D eigenvalue weighted by atomic mass is 9.71. The van der Waals surface area contributed by atoms with Crippen molar-refractivity contribution in [3.8, 4) is 0 Å². The molecule has 2 N–H and O–H groups in total. The zero-order valence-corrected chi connectivity index (χ0v) is 12.6. The molecule has 108 valence electrons. The number of nitrogens with one attached hydrogen (secondary N) is 1. The van der Waals surface area contributed by atoms with E-state index in [1.54, 1.807) is 18.3 Å². The van der Waals surface area contributed by atoms with E-state index < -0.39 is 11.4 Å². The number of halogens is 1. The topological polar surface area (TPSA) is 79.3 Å². The van der Waals surface area contributed by atoms with Crippen molar-refractivity contribution in [3.63, 3.8) is 0 Å². The first-order chi connectivity index (χ1) is 9.53. The third kappa shape index (κ3) is 3.36. The number of carboxylic acids is 1. The van der Waals surface area contributed by atoms with Gasteiger partial charge in [-0.2, -0.15) is 0 Å². The number of carbonyl (C=O) groups is 2. The van der Waals surface area contributed by atoms with Crippen molar-refractivity contribution in [1.82, 2.24) is 4.98 Å². The summed E-state index contributed by atoms with van der Waals surface area (Å²) in [5.74, 6) is -0.741. The SMILES string of the molecule is O=C(CC1(C(=O)O)CCCCC1)Nc1ncccc1Br. The standard InChI is InChI=1S/C14H17BrN2O3/c15-10-5-4-8-16-12(10)17-11(18)9-14(13(19)20)6-2-1-3-7-14/h4-5,8H,1-3,6-7,9H2,(H,19,20)(H,16,17,18). The van der Waals surface area contributed by atoms with Gasteiger partial charge in [-0.25, -0.2) is 4.98 Å². The van der Waals surface area contributed by atoms with Gasteiger partial charge < -0.3 is 10.4 Å². The molecular formula is C14H17BrN2O3. The van der Waals surface area contributed by atoms with Gasteiger partial charge in [0.05, 0.1) is 9.89 Å². The first kappa shape index (κ1) is 15.0. The van der Waals surface area contributed by atoms with E-state index in [1.165, 1.54) is 0 Å². The molecule has 0 saturated heterocycles. The summed E-state index contributed by atoms with van der Waals surface area (Å²) in [5.41, 5.74) is -0.913. The Kier molecular flexibility index (Phi) is 4.75. The van der Waals surface area contributed by atoms with Gasteiger partial charge in [-0.1, -0.05) is 19.3 Å². The number of rotatable bonds is 4. The second-order valence-corrected chi connectivity index (χ2v) is 6.06. The van der Waals surface area contributed by atoms with Crippen LogP contribution in [0.15, 0.2) is 22.8 Å². The number of carboxylic acid groups (broad SMARTS) is 1. The average molecular weight is 341 g/mol. The highest BCUT2D eigenvalue weighted by Crippen LogP contribution is 2.39. The van der Waals surface area contributed by atoms with Gasteiger partial charge in [-0.15, -0.1) is 0 Å². The summed E-state index contributed by atoms with van der Waals surface area (Å²) in [5, 5.41) is 12.1. The normalized spacial score (nSPS) is 17.4. The number of hydrogen-bond donors (Lipinski definition) is 2. The van der Waals surface area contributed by atoms with E-state index in [-0.39, 0.29) is 12.3 Å². The average Bonchev–Trinajstić information content (AvgIpc) is 2.42. The lowest BCUT2D eigenvalue weighted by Crippen LogP contribution is -2.37. The van der Waals surface area contributed by atoms with Crippen LogP contribution in [0.1, 0.15) is 38.5 Å². The third-order valence-electron chi connectivity index (χ3n) is 3.78. The lowest BCUT2D eigenvalue weighted by Gasteiger charge is -2.32. The molecule has 1 saturated carbocycles. The highest BCUT2D eigenvalue weighted by molar-refractivity contribution is 9.10. The maximum absolute atomic E-state index is 12.1. The van der Waals surface area contributed by atoms with Crippen molar-refractivity contribution in [3.05, 3.63) is 22.8 Å². The van der Waals surface area contributed by atoms with Crippen molar-refractivity contribution < 1.29 is 14.7 Å². The van der Waals surface area contributed by atoms with Crippen LogP contribution >= 0.6 is 15.9 Å². The van der Waals surface area contributed by atoms with E-state index in [2.05, 4.69) is 26.2 Å².